The Labute approximate surface area is 125 Å². The van der Waals surface area contributed by atoms with E-state index in [0.29, 0.717) is 0 Å². The normalized spacial score (nSPS) is 31.1. The van der Waals surface area contributed by atoms with Crippen molar-refractivity contribution < 1.29 is 0 Å². The molecule has 2 atom stereocenters. The molecule has 3 nitrogen and oxygen atoms in total. The highest BCUT2D eigenvalue weighted by molar-refractivity contribution is 6.26. The van der Waals surface area contributed by atoms with Crippen LogP contribution in [0.1, 0.15) is 5.56 Å². The molecule has 3 rings (SSSR count). The SMILES string of the molecule is NC1C=C(c2ccccc2)C=CC1(Cl)N1CCNCC1. The van der Waals surface area contributed by atoms with E-state index in [-0.39, 0.29) is 6.04 Å². The van der Waals surface area contributed by atoms with Crippen LogP contribution in [-0.2, 0) is 0 Å². The number of benzene rings is 1. The molecule has 4 heteroatoms. The molecule has 3 N–H and O–H groups in total. The third kappa shape index (κ3) is 2.54. The summed E-state index contributed by atoms with van der Waals surface area (Å²) in [5.41, 5.74) is 8.67. The molecule has 2 aliphatic rings. The third-order valence-corrected chi connectivity index (χ3v) is 4.65. The Bertz CT molecular complexity index is 520. The second kappa shape index (κ2) is 5.70. The van der Waals surface area contributed by atoms with Crippen molar-refractivity contribution in [2.75, 3.05) is 26.2 Å². The predicted octanol–water partition coefficient (Wildman–Crippen LogP) is 1.81. The predicted molar refractivity (Wildman–Crippen MR) is 84.6 cm³/mol. The van der Waals surface area contributed by atoms with Gasteiger partial charge in [0.25, 0.3) is 0 Å². The number of nitrogens with one attached hydrogen (secondary N) is 1. The van der Waals surface area contributed by atoms with Crippen molar-refractivity contribution in [1.82, 2.24) is 10.2 Å². The Morgan fingerprint density at radius 2 is 1.90 bits per heavy atom. The van der Waals surface area contributed by atoms with Gasteiger partial charge in [-0.3, -0.25) is 4.90 Å². The highest BCUT2D eigenvalue weighted by Gasteiger charge is 2.39. The lowest BCUT2D eigenvalue weighted by Gasteiger charge is -2.43. The number of nitrogens with two attached hydrogens (primary N) is 1. The van der Waals surface area contributed by atoms with Gasteiger partial charge in [-0.05, 0) is 17.2 Å². The average Bonchev–Trinajstić information content (AvgIpc) is 2.52. The first-order valence-electron chi connectivity index (χ1n) is 7.07. The van der Waals surface area contributed by atoms with E-state index in [1.54, 1.807) is 0 Å². The molecule has 2 unspecified atom stereocenters. The molecule has 0 radical (unpaired) electrons. The maximum absolute atomic E-state index is 6.80. The zero-order valence-electron chi connectivity index (χ0n) is 11.4. The molecule has 106 valence electrons. The van der Waals surface area contributed by atoms with Crippen molar-refractivity contribution >= 4 is 17.2 Å². The summed E-state index contributed by atoms with van der Waals surface area (Å²) in [4.78, 5) is 1.66. The first-order chi connectivity index (χ1) is 9.70. The van der Waals surface area contributed by atoms with Crippen LogP contribution in [0.3, 0.4) is 0 Å². The fraction of sp³-hybridized carbons (Fsp3) is 0.375. The zero-order chi connectivity index (χ0) is 14.0. The van der Waals surface area contributed by atoms with Crippen LogP contribution in [-0.4, -0.2) is 42.1 Å². The zero-order valence-corrected chi connectivity index (χ0v) is 12.2. The summed E-state index contributed by atoms with van der Waals surface area (Å²) in [6, 6.07) is 10.1. The summed E-state index contributed by atoms with van der Waals surface area (Å²) in [6.45, 7) is 3.78. The summed E-state index contributed by atoms with van der Waals surface area (Å²) in [5, 5.41) is 3.34. The van der Waals surface area contributed by atoms with Crippen molar-refractivity contribution in [2.24, 2.45) is 5.73 Å². The molecule has 0 saturated carbocycles. The van der Waals surface area contributed by atoms with Gasteiger partial charge in [-0.1, -0.05) is 54.1 Å². The van der Waals surface area contributed by atoms with Gasteiger partial charge in [0.15, 0.2) is 0 Å². The molecule has 0 amide bonds. The van der Waals surface area contributed by atoms with Gasteiger partial charge in [-0.25, -0.2) is 0 Å². The van der Waals surface area contributed by atoms with Gasteiger partial charge in [-0.15, -0.1) is 0 Å². The van der Waals surface area contributed by atoms with E-state index in [1.807, 2.05) is 24.3 Å². The number of hydrogen-bond acceptors (Lipinski definition) is 3. The number of hydrogen-bond donors (Lipinski definition) is 2. The lowest BCUT2D eigenvalue weighted by molar-refractivity contribution is 0.163. The largest absolute Gasteiger partial charge is 0.322 e. The minimum atomic E-state index is -0.597. The van der Waals surface area contributed by atoms with Crippen molar-refractivity contribution in [3.05, 3.63) is 54.1 Å². The minimum absolute atomic E-state index is 0.206. The standard InChI is InChI=1S/C16H20ClN3/c17-16(20-10-8-19-9-11-20)7-6-14(12-15(16)18)13-4-2-1-3-5-13/h1-7,12,15,19H,8-11,18H2. The molecular formula is C16H20ClN3. The molecule has 1 saturated heterocycles. The molecule has 1 aromatic rings. The van der Waals surface area contributed by atoms with Crippen LogP contribution >= 0.6 is 11.6 Å². The summed E-state index contributed by atoms with van der Waals surface area (Å²) in [6.07, 6.45) is 6.21. The quantitative estimate of drug-likeness (QED) is 0.644. The van der Waals surface area contributed by atoms with Crippen LogP contribution in [0.4, 0.5) is 0 Å². The fourth-order valence-corrected chi connectivity index (χ4v) is 3.13. The number of nitrogens with zero attached hydrogens (tertiary/aromatic N) is 1. The van der Waals surface area contributed by atoms with Gasteiger partial charge < -0.3 is 11.1 Å². The molecule has 1 fully saturated rings. The van der Waals surface area contributed by atoms with E-state index in [4.69, 9.17) is 17.3 Å². The monoisotopic (exact) mass is 289 g/mol. The van der Waals surface area contributed by atoms with E-state index in [0.717, 1.165) is 31.8 Å². The number of rotatable bonds is 2. The number of allylic oxidation sites excluding steroid dienone is 2. The highest BCUT2D eigenvalue weighted by atomic mass is 35.5. The van der Waals surface area contributed by atoms with E-state index < -0.39 is 5.00 Å². The summed E-state index contributed by atoms with van der Waals surface area (Å²) in [5.74, 6) is 0. The molecule has 20 heavy (non-hydrogen) atoms. The maximum Gasteiger partial charge on any atom is 0.134 e. The van der Waals surface area contributed by atoms with E-state index >= 15 is 0 Å². The van der Waals surface area contributed by atoms with Gasteiger partial charge >= 0.3 is 0 Å². The lowest BCUT2D eigenvalue weighted by atomic mass is 9.92. The molecule has 0 aromatic heterocycles. The second-order valence-electron chi connectivity index (χ2n) is 5.31. The molecule has 1 aromatic carbocycles. The smallest absolute Gasteiger partial charge is 0.134 e. The molecular weight excluding hydrogens is 270 g/mol. The van der Waals surface area contributed by atoms with Crippen molar-refractivity contribution in [1.29, 1.82) is 0 Å². The van der Waals surface area contributed by atoms with Crippen molar-refractivity contribution in [2.45, 2.75) is 11.0 Å². The third-order valence-electron chi connectivity index (χ3n) is 4.03. The van der Waals surface area contributed by atoms with Crippen molar-refractivity contribution in [3.8, 4) is 0 Å². The van der Waals surface area contributed by atoms with E-state index in [2.05, 4.69) is 34.5 Å². The molecule has 0 spiro atoms. The Kier molecular flexibility index (Phi) is 3.94. The number of piperazine rings is 1. The Morgan fingerprint density at radius 1 is 1.20 bits per heavy atom. The van der Waals surface area contributed by atoms with Crippen molar-refractivity contribution in [3.63, 3.8) is 0 Å². The first kappa shape index (κ1) is 13.8. The lowest BCUT2D eigenvalue weighted by Crippen LogP contribution is -2.60. The van der Waals surface area contributed by atoms with Gasteiger partial charge in [-0.2, -0.15) is 0 Å². The Balaban J connectivity index is 1.83. The number of halogens is 1. The first-order valence-corrected chi connectivity index (χ1v) is 7.45. The van der Waals surface area contributed by atoms with Gasteiger partial charge in [0, 0.05) is 26.2 Å². The van der Waals surface area contributed by atoms with E-state index in [9.17, 15) is 0 Å². The van der Waals surface area contributed by atoms with Crippen LogP contribution in [0.2, 0.25) is 0 Å². The summed E-state index contributed by atoms with van der Waals surface area (Å²) < 4.78 is 0. The van der Waals surface area contributed by atoms with Gasteiger partial charge in [0.2, 0.25) is 0 Å². The van der Waals surface area contributed by atoms with Crippen LogP contribution in [0.5, 0.6) is 0 Å². The maximum atomic E-state index is 6.80. The van der Waals surface area contributed by atoms with Crippen LogP contribution in [0, 0.1) is 0 Å². The van der Waals surface area contributed by atoms with Crippen LogP contribution < -0.4 is 11.1 Å². The fourth-order valence-electron chi connectivity index (χ4n) is 2.83. The Morgan fingerprint density at radius 3 is 2.55 bits per heavy atom. The van der Waals surface area contributed by atoms with E-state index in [1.165, 1.54) is 5.56 Å². The Hall–Kier alpha value is -1.13. The minimum Gasteiger partial charge on any atom is -0.322 e. The molecule has 0 bridgehead atoms. The highest BCUT2D eigenvalue weighted by Crippen LogP contribution is 2.33. The summed E-state index contributed by atoms with van der Waals surface area (Å²) in [7, 11) is 0. The van der Waals surface area contributed by atoms with Crippen LogP contribution in [0.15, 0.2) is 48.6 Å². The average molecular weight is 290 g/mol. The second-order valence-corrected chi connectivity index (χ2v) is 5.92. The molecule has 1 aliphatic carbocycles. The number of alkyl halides is 1. The molecule has 1 heterocycles. The molecule has 1 aliphatic heterocycles. The summed E-state index contributed by atoms with van der Waals surface area (Å²) >= 11 is 6.80. The van der Waals surface area contributed by atoms with Gasteiger partial charge in [0.05, 0.1) is 6.04 Å². The van der Waals surface area contributed by atoms with Crippen LogP contribution in [0.25, 0.3) is 5.57 Å². The van der Waals surface area contributed by atoms with Gasteiger partial charge in [0.1, 0.15) is 5.00 Å². The topological polar surface area (TPSA) is 41.3 Å².